The van der Waals surface area contributed by atoms with Gasteiger partial charge >= 0.3 is 0 Å². The number of aryl methyl sites for hydroxylation is 1. The van der Waals surface area contributed by atoms with Crippen LogP contribution in [0.25, 0.3) is 0 Å². The highest BCUT2D eigenvalue weighted by Gasteiger charge is 2.26. The molecule has 8 nitrogen and oxygen atoms in total. The molecule has 1 aliphatic heterocycles. The highest BCUT2D eigenvalue weighted by atomic mass is 32.2. The fraction of sp³-hybridized carbons (Fsp3) is 0.320. The highest BCUT2D eigenvalue weighted by molar-refractivity contribution is 7.92. The van der Waals surface area contributed by atoms with E-state index in [1.807, 2.05) is 13.0 Å². The summed E-state index contributed by atoms with van der Waals surface area (Å²) >= 11 is 0. The number of carbonyl (C=O) groups is 1. The summed E-state index contributed by atoms with van der Waals surface area (Å²) in [6.07, 6.45) is 0. The Labute approximate surface area is 204 Å². The van der Waals surface area contributed by atoms with Gasteiger partial charge in [0.1, 0.15) is 17.5 Å². The van der Waals surface area contributed by atoms with Gasteiger partial charge in [-0.25, -0.2) is 22.8 Å². The van der Waals surface area contributed by atoms with Crippen molar-refractivity contribution in [3.05, 3.63) is 77.5 Å². The van der Waals surface area contributed by atoms with E-state index < -0.39 is 15.8 Å². The molecule has 1 aliphatic rings. The lowest BCUT2D eigenvalue weighted by Gasteiger charge is -2.36. The lowest BCUT2D eigenvalue weighted by Crippen LogP contribution is -2.49. The number of nitrogens with zero attached hydrogens (tertiary/aromatic N) is 4. The van der Waals surface area contributed by atoms with Crippen molar-refractivity contribution in [2.45, 2.75) is 31.6 Å². The standard InChI is InChI=1S/C25H28FN5O3S/c1-17(2)24-27-18(3)16-23(28-24)30-12-14-31(15-13-30)25(32)21-6-4-5-7-22(21)29-35(33,34)20-10-8-19(26)9-11-20/h4-11,16-17,29H,12-15H2,1-3H3. The Bertz CT molecular complexity index is 1320. The second-order valence-corrected chi connectivity index (χ2v) is 10.4. The van der Waals surface area contributed by atoms with Crippen LogP contribution >= 0.6 is 0 Å². The molecule has 2 aromatic carbocycles. The molecular formula is C25H28FN5O3S. The van der Waals surface area contributed by atoms with Gasteiger partial charge in [0.2, 0.25) is 0 Å². The quantitative estimate of drug-likeness (QED) is 0.557. The third-order valence-electron chi connectivity index (χ3n) is 5.79. The first kappa shape index (κ1) is 24.6. The summed E-state index contributed by atoms with van der Waals surface area (Å²) in [4.78, 5) is 26.3. The Morgan fingerprint density at radius 3 is 2.31 bits per heavy atom. The van der Waals surface area contributed by atoms with E-state index >= 15 is 0 Å². The minimum atomic E-state index is -3.99. The summed E-state index contributed by atoms with van der Waals surface area (Å²) in [6, 6.07) is 13.0. The molecule has 10 heteroatoms. The molecule has 0 bridgehead atoms. The molecule has 1 aromatic heterocycles. The number of sulfonamides is 1. The minimum absolute atomic E-state index is 0.0873. The smallest absolute Gasteiger partial charge is 0.261 e. The van der Waals surface area contributed by atoms with Crippen LogP contribution in [0.4, 0.5) is 15.9 Å². The van der Waals surface area contributed by atoms with Crippen molar-refractivity contribution in [1.82, 2.24) is 14.9 Å². The molecule has 4 rings (SSSR count). The summed E-state index contributed by atoms with van der Waals surface area (Å²) in [5, 5.41) is 0. The third-order valence-corrected chi connectivity index (χ3v) is 7.17. The van der Waals surface area contributed by atoms with Gasteiger partial charge < -0.3 is 9.80 Å². The highest BCUT2D eigenvalue weighted by Crippen LogP contribution is 2.24. The van der Waals surface area contributed by atoms with Gasteiger partial charge in [0.05, 0.1) is 16.1 Å². The number of piperazine rings is 1. The molecule has 0 spiro atoms. The van der Waals surface area contributed by atoms with Crippen LogP contribution in [0.5, 0.6) is 0 Å². The minimum Gasteiger partial charge on any atom is -0.353 e. The van der Waals surface area contributed by atoms with E-state index in [1.54, 1.807) is 29.2 Å². The number of nitrogens with one attached hydrogen (secondary N) is 1. The Kier molecular flexibility index (Phi) is 7.02. The van der Waals surface area contributed by atoms with Gasteiger partial charge in [-0.2, -0.15) is 0 Å². The van der Waals surface area contributed by atoms with Crippen molar-refractivity contribution >= 4 is 27.4 Å². The maximum absolute atomic E-state index is 13.3. The van der Waals surface area contributed by atoms with Crippen molar-refractivity contribution < 1.29 is 17.6 Å². The number of amides is 1. The molecule has 0 radical (unpaired) electrons. The molecule has 3 aromatic rings. The van der Waals surface area contributed by atoms with E-state index in [4.69, 9.17) is 0 Å². The van der Waals surface area contributed by atoms with E-state index in [2.05, 4.69) is 33.4 Å². The zero-order chi connectivity index (χ0) is 25.2. The molecule has 35 heavy (non-hydrogen) atoms. The van der Waals surface area contributed by atoms with Crippen molar-refractivity contribution in [1.29, 1.82) is 0 Å². The zero-order valence-corrected chi connectivity index (χ0v) is 20.7. The SMILES string of the molecule is Cc1cc(N2CCN(C(=O)c3ccccc3NS(=O)(=O)c3ccc(F)cc3)CC2)nc(C(C)C)n1. The van der Waals surface area contributed by atoms with E-state index in [0.29, 0.717) is 26.2 Å². The topological polar surface area (TPSA) is 95.5 Å². The molecule has 1 saturated heterocycles. The van der Waals surface area contributed by atoms with Crippen molar-refractivity contribution in [2.24, 2.45) is 0 Å². The molecule has 1 N–H and O–H groups in total. The molecule has 1 fully saturated rings. The zero-order valence-electron chi connectivity index (χ0n) is 19.9. The van der Waals surface area contributed by atoms with Gasteiger partial charge in [-0.05, 0) is 43.3 Å². The summed E-state index contributed by atoms with van der Waals surface area (Å²) in [7, 11) is -3.99. The molecule has 0 aliphatic carbocycles. The second-order valence-electron chi connectivity index (χ2n) is 8.76. The summed E-state index contributed by atoms with van der Waals surface area (Å²) in [6.45, 7) is 8.19. The number of rotatable bonds is 6. The maximum atomic E-state index is 13.3. The molecule has 0 atom stereocenters. The Morgan fingerprint density at radius 2 is 1.66 bits per heavy atom. The average molecular weight is 498 g/mol. The van der Waals surface area contributed by atoms with Crippen LogP contribution in [-0.4, -0.2) is 55.4 Å². The van der Waals surface area contributed by atoms with E-state index in [0.717, 1.165) is 29.5 Å². The molecule has 2 heterocycles. The second kappa shape index (κ2) is 9.99. The van der Waals surface area contributed by atoms with Crippen LogP contribution < -0.4 is 9.62 Å². The number of benzene rings is 2. The number of hydrogen-bond donors (Lipinski definition) is 1. The molecule has 0 unspecified atom stereocenters. The van der Waals surface area contributed by atoms with Crippen LogP contribution in [0.2, 0.25) is 0 Å². The van der Waals surface area contributed by atoms with Crippen molar-refractivity contribution in [3.8, 4) is 0 Å². The lowest BCUT2D eigenvalue weighted by molar-refractivity contribution is 0.0747. The van der Waals surface area contributed by atoms with Crippen molar-refractivity contribution in [2.75, 3.05) is 35.8 Å². The van der Waals surface area contributed by atoms with Gasteiger partial charge in [-0.3, -0.25) is 9.52 Å². The van der Waals surface area contributed by atoms with Gasteiger partial charge in [-0.1, -0.05) is 26.0 Å². The third kappa shape index (κ3) is 5.59. The lowest BCUT2D eigenvalue weighted by atomic mass is 10.1. The monoisotopic (exact) mass is 497 g/mol. The van der Waals surface area contributed by atoms with Crippen LogP contribution in [0, 0.1) is 12.7 Å². The Balaban J connectivity index is 1.48. The molecule has 184 valence electrons. The van der Waals surface area contributed by atoms with E-state index in [1.165, 1.54) is 12.1 Å². The van der Waals surface area contributed by atoms with Crippen LogP contribution in [0.1, 0.15) is 41.6 Å². The van der Waals surface area contributed by atoms with Gasteiger partial charge in [-0.15, -0.1) is 0 Å². The number of anilines is 2. The first-order chi connectivity index (χ1) is 16.6. The predicted molar refractivity (Wildman–Crippen MR) is 133 cm³/mol. The first-order valence-electron chi connectivity index (χ1n) is 11.4. The van der Waals surface area contributed by atoms with Gasteiger partial charge in [0.25, 0.3) is 15.9 Å². The largest absolute Gasteiger partial charge is 0.353 e. The molecule has 0 saturated carbocycles. The molecular weight excluding hydrogens is 469 g/mol. The van der Waals surface area contributed by atoms with Crippen LogP contribution in [0.3, 0.4) is 0 Å². The summed E-state index contributed by atoms with van der Waals surface area (Å²) in [5.41, 5.74) is 1.34. The fourth-order valence-electron chi connectivity index (χ4n) is 3.88. The summed E-state index contributed by atoms with van der Waals surface area (Å²) in [5.74, 6) is 1.06. The maximum Gasteiger partial charge on any atom is 0.261 e. The average Bonchev–Trinajstić information content (AvgIpc) is 2.83. The number of para-hydroxylation sites is 1. The first-order valence-corrected chi connectivity index (χ1v) is 12.9. The Morgan fingerprint density at radius 1 is 1.00 bits per heavy atom. The van der Waals surface area contributed by atoms with Crippen LogP contribution in [-0.2, 0) is 10.0 Å². The van der Waals surface area contributed by atoms with Crippen molar-refractivity contribution in [3.63, 3.8) is 0 Å². The van der Waals surface area contributed by atoms with Crippen LogP contribution in [0.15, 0.2) is 59.5 Å². The number of carbonyl (C=O) groups excluding carboxylic acids is 1. The Hall–Kier alpha value is -3.53. The predicted octanol–water partition coefficient (Wildman–Crippen LogP) is 3.81. The van der Waals surface area contributed by atoms with Gasteiger partial charge in [0.15, 0.2) is 0 Å². The fourth-order valence-corrected chi connectivity index (χ4v) is 4.96. The number of halogens is 1. The van der Waals surface area contributed by atoms with Gasteiger partial charge in [0, 0.05) is 43.9 Å². The number of hydrogen-bond acceptors (Lipinski definition) is 6. The summed E-state index contributed by atoms with van der Waals surface area (Å²) < 4.78 is 41.3. The molecule has 1 amide bonds. The normalized spacial score (nSPS) is 14.3. The van der Waals surface area contributed by atoms with E-state index in [-0.39, 0.29) is 28.0 Å². The number of aromatic nitrogens is 2. The van der Waals surface area contributed by atoms with E-state index in [9.17, 15) is 17.6 Å².